The third kappa shape index (κ3) is 4.56. The Balaban J connectivity index is 1.83. The first kappa shape index (κ1) is 10.0. The number of furan rings is 1. The summed E-state index contributed by atoms with van der Waals surface area (Å²) < 4.78 is 214. The summed E-state index contributed by atoms with van der Waals surface area (Å²) in [4.78, 5) is 0. The van der Waals surface area contributed by atoms with Crippen molar-refractivity contribution in [3.05, 3.63) is 156 Å². The van der Waals surface area contributed by atoms with Crippen LogP contribution in [-0.4, -0.2) is 0 Å². The maximum atomic E-state index is 9.74. The molecule has 0 aliphatic rings. The van der Waals surface area contributed by atoms with Crippen molar-refractivity contribution < 1.29 is 37.3 Å². The summed E-state index contributed by atoms with van der Waals surface area (Å²) in [5, 5.41) is -3.26. The van der Waals surface area contributed by atoms with Gasteiger partial charge in [-0.15, -0.1) is 0 Å². The summed E-state index contributed by atoms with van der Waals surface area (Å²) in [7, 11) is 0. The lowest BCUT2D eigenvalue weighted by atomic mass is 9.85. The smallest absolute Gasteiger partial charge is 0.135 e. The maximum Gasteiger partial charge on any atom is 0.135 e. The normalized spacial score (nSPS) is 22.2. The van der Waals surface area contributed by atoms with E-state index in [-0.39, 0.29) is 16.2 Å². The molecule has 41 heavy (non-hydrogen) atoms. The minimum Gasteiger partial charge on any atom is -0.457 e. The van der Waals surface area contributed by atoms with Gasteiger partial charge < -0.3 is 4.42 Å². The lowest BCUT2D eigenvalue weighted by Gasteiger charge is -2.18. The summed E-state index contributed by atoms with van der Waals surface area (Å²) in [5.41, 5.74) is -2.90. The van der Waals surface area contributed by atoms with Crippen LogP contribution in [0.15, 0.2) is 150 Å². The van der Waals surface area contributed by atoms with Gasteiger partial charge in [0.1, 0.15) is 11.3 Å². The molecule has 1 heteroatoms. The van der Waals surface area contributed by atoms with Crippen LogP contribution in [0.3, 0.4) is 0 Å². The Hall–Kier alpha value is -5.14. The topological polar surface area (TPSA) is 13.1 Å². The Morgan fingerprint density at radius 1 is 0.756 bits per heavy atom. The average Bonchev–Trinajstić information content (AvgIpc) is 3.74. The molecule has 1 heterocycles. The Morgan fingerprint density at radius 2 is 1.41 bits per heavy atom. The van der Waals surface area contributed by atoms with E-state index >= 15 is 0 Å². The molecule has 0 N–H and O–H groups in total. The maximum absolute atomic E-state index is 9.74. The zero-order chi connectivity index (χ0) is 48.3. The molecule has 0 aliphatic heterocycles. The molecular weight excluding hydrogens is 496 g/mol. The van der Waals surface area contributed by atoms with E-state index in [1.54, 1.807) is 0 Å². The number of hydrogen-bond donors (Lipinski definition) is 0. The second kappa shape index (κ2) is 10.8. The van der Waals surface area contributed by atoms with Crippen LogP contribution in [0.5, 0.6) is 0 Å². The first-order chi connectivity index (χ1) is 30.3. The average molecular weight is 551 g/mol. The first-order valence-corrected chi connectivity index (χ1v) is 12.1. The molecular formula is C40H30O. The summed E-state index contributed by atoms with van der Waals surface area (Å²) in [6, 6.07) is -16.8. The highest BCUT2D eigenvalue weighted by Crippen LogP contribution is 2.42. The zero-order valence-electron chi connectivity index (χ0n) is 44.9. The summed E-state index contributed by atoms with van der Waals surface area (Å²) >= 11 is 0. The van der Waals surface area contributed by atoms with Crippen molar-refractivity contribution >= 4 is 54.9 Å². The lowest BCUT2D eigenvalue weighted by Crippen LogP contribution is -1.93. The molecule has 0 amide bonds. The van der Waals surface area contributed by atoms with Crippen molar-refractivity contribution in [2.45, 2.75) is 13.3 Å². The molecule has 1 unspecified atom stereocenters. The van der Waals surface area contributed by atoms with E-state index < -0.39 is 201 Å². The molecule has 6 aromatic carbocycles. The van der Waals surface area contributed by atoms with Crippen LogP contribution in [0.4, 0.5) is 0 Å². The van der Waals surface area contributed by atoms with Gasteiger partial charge >= 0.3 is 0 Å². The predicted molar refractivity (Wildman–Crippen MR) is 177 cm³/mol. The van der Waals surface area contributed by atoms with E-state index in [2.05, 4.69) is 0 Å². The van der Waals surface area contributed by atoms with Crippen LogP contribution >= 0.6 is 0 Å². The van der Waals surface area contributed by atoms with E-state index in [1.807, 2.05) is 0 Å². The van der Waals surface area contributed by atoms with Crippen LogP contribution in [-0.2, 0) is 0 Å². The molecule has 0 radical (unpaired) electrons. The van der Waals surface area contributed by atoms with E-state index in [0.717, 1.165) is 18.2 Å². The van der Waals surface area contributed by atoms with Crippen molar-refractivity contribution in [1.82, 2.24) is 0 Å². The molecule has 0 saturated heterocycles. The quantitative estimate of drug-likeness (QED) is 0.148. The van der Waals surface area contributed by atoms with Crippen LogP contribution in [0.1, 0.15) is 57.5 Å². The fourth-order valence-electron chi connectivity index (χ4n) is 4.53. The molecule has 196 valence electrons. The van der Waals surface area contributed by atoms with Crippen LogP contribution < -0.4 is 0 Å². The number of allylic oxidation sites excluding steroid dienone is 5. The largest absolute Gasteiger partial charge is 0.457 e. The summed E-state index contributed by atoms with van der Waals surface area (Å²) in [5.74, 6) is -0.545. The predicted octanol–water partition coefficient (Wildman–Crippen LogP) is 11.6. The Kier molecular flexibility index (Phi) is 2.64. The van der Waals surface area contributed by atoms with Crippen LogP contribution in [0.25, 0.3) is 66.0 Å². The lowest BCUT2D eigenvalue weighted by molar-refractivity contribution is 0.604. The van der Waals surface area contributed by atoms with E-state index in [4.69, 9.17) is 30.5 Å². The minimum absolute atomic E-state index is 0.173. The molecule has 0 aliphatic carbocycles. The monoisotopic (exact) mass is 550 g/mol. The van der Waals surface area contributed by atoms with E-state index in [0.29, 0.717) is 0 Å². The van der Waals surface area contributed by atoms with Crippen molar-refractivity contribution in [1.29, 1.82) is 0 Å². The first-order valence-electron chi connectivity index (χ1n) is 24.4. The summed E-state index contributed by atoms with van der Waals surface area (Å²) in [6.07, 6.45) is 0.303. The van der Waals surface area contributed by atoms with Crippen molar-refractivity contribution in [2.24, 2.45) is 0 Å². The molecule has 0 bridgehead atoms. The van der Waals surface area contributed by atoms with Crippen LogP contribution in [0, 0.1) is 0 Å². The highest BCUT2D eigenvalue weighted by atomic mass is 16.3. The molecule has 0 fully saturated rings. The number of fused-ring (bicyclic) bond motifs is 5. The van der Waals surface area contributed by atoms with Crippen molar-refractivity contribution in [3.8, 4) is 11.1 Å². The second-order valence-corrected chi connectivity index (χ2v) is 8.47. The van der Waals surface area contributed by atoms with Gasteiger partial charge in [-0.05, 0) is 79.1 Å². The van der Waals surface area contributed by atoms with Gasteiger partial charge in [0.15, 0.2) is 0 Å². The molecule has 7 aromatic rings. The third-order valence-electron chi connectivity index (χ3n) is 6.16. The van der Waals surface area contributed by atoms with Gasteiger partial charge in [-0.3, -0.25) is 0 Å². The van der Waals surface area contributed by atoms with Gasteiger partial charge in [0, 0.05) is 8.13 Å². The summed E-state index contributed by atoms with van der Waals surface area (Å²) in [6.45, 7) is -0.637. The highest BCUT2D eigenvalue weighted by Gasteiger charge is 2.17. The van der Waals surface area contributed by atoms with Crippen molar-refractivity contribution in [3.63, 3.8) is 0 Å². The molecule has 7 rings (SSSR count). The third-order valence-corrected chi connectivity index (χ3v) is 6.16. The molecule has 0 spiro atoms. The molecule has 0 saturated carbocycles. The van der Waals surface area contributed by atoms with E-state index in [9.17, 15) is 6.85 Å². The van der Waals surface area contributed by atoms with Gasteiger partial charge in [0.2, 0.25) is 0 Å². The second-order valence-electron chi connectivity index (χ2n) is 8.47. The van der Waals surface area contributed by atoms with Gasteiger partial charge in [-0.25, -0.2) is 0 Å². The van der Waals surface area contributed by atoms with Crippen LogP contribution in [0.2, 0.25) is 0 Å². The Labute approximate surface area is 274 Å². The highest BCUT2D eigenvalue weighted by molar-refractivity contribution is 6.20. The fourth-order valence-corrected chi connectivity index (χ4v) is 4.53. The number of benzene rings is 6. The van der Waals surface area contributed by atoms with Crippen molar-refractivity contribution in [2.75, 3.05) is 0 Å². The standard InChI is InChI=1S/C40H30O/c1-2-3-4-6-18-30(26-31-27-37-32-19-10-9-15-28(32)24-25-38(37)41-31)40-35-22-13-11-20-33(35)39(29-16-7-5-8-17-29)34-21-12-14-23-36(34)40/h3-27H,2H2,1H3/b4-3-,18-6+,30-26+/i1D,2D,3D,4D,5D,7D,8D,9D,10D,11D,12D,13D,14D,15D,16D,17D,19D,20D,21D,22D,23D,24D,25D,26D. The SMILES string of the molecule is [2H]CC([2H])\C([2H])=C([2H])/C=C/C(=C(/[2H])c1cc2c(o1)c([2H])c([2H])c1c([2H])c([2H])c([2H])c([2H])c12)c1c2c([2H])c([2H])c([2H])c([2H])c2c(-c2c([2H])c([2H])c([2H])c([2H])c2[2H])c2c([2H])c([2H])c([2H])c([2H])c12. The van der Waals surface area contributed by atoms with Gasteiger partial charge in [-0.2, -0.15) is 0 Å². The van der Waals surface area contributed by atoms with E-state index in [1.165, 1.54) is 0 Å². The minimum atomic E-state index is -1.53. The molecule has 1 nitrogen and oxygen atoms in total. The number of rotatable bonds is 6. The van der Waals surface area contributed by atoms with Gasteiger partial charge in [0.05, 0.1) is 30.2 Å². The fraction of sp³-hybridized carbons (Fsp3) is 0.0500. The Morgan fingerprint density at radius 3 is 2.15 bits per heavy atom. The molecule has 1 atom stereocenters. The number of hydrogen-bond acceptors (Lipinski definition) is 1. The van der Waals surface area contributed by atoms with Gasteiger partial charge in [0.25, 0.3) is 0 Å². The van der Waals surface area contributed by atoms with Gasteiger partial charge in [-0.1, -0.05) is 140 Å². The molecule has 1 aromatic heterocycles. The Bertz CT molecular complexity index is 3290. The zero-order valence-corrected chi connectivity index (χ0v) is 20.9.